The summed E-state index contributed by atoms with van der Waals surface area (Å²) in [4.78, 5) is 24.6. The lowest BCUT2D eigenvalue weighted by Crippen LogP contribution is -2.22. The summed E-state index contributed by atoms with van der Waals surface area (Å²) < 4.78 is 5.57. The second kappa shape index (κ2) is 9.91. The van der Waals surface area contributed by atoms with E-state index in [0.717, 1.165) is 5.56 Å². The first-order chi connectivity index (χ1) is 14.7. The quantitative estimate of drug-likeness (QED) is 0.544. The van der Waals surface area contributed by atoms with Crippen molar-refractivity contribution in [3.63, 3.8) is 0 Å². The molecule has 1 fully saturated rings. The summed E-state index contributed by atoms with van der Waals surface area (Å²) >= 11 is 3.94. The minimum Gasteiger partial charge on any atom is -0.459 e. The van der Waals surface area contributed by atoms with Crippen molar-refractivity contribution in [1.82, 2.24) is 5.32 Å². The zero-order chi connectivity index (χ0) is 20.8. The molecule has 3 aromatic rings. The summed E-state index contributed by atoms with van der Waals surface area (Å²) in [7, 11) is 0. The number of benzene rings is 2. The number of thioether (sulfide) groups is 2. The van der Waals surface area contributed by atoms with Gasteiger partial charge >= 0.3 is 0 Å². The van der Waals surface area contributed by atoms with Crippen LogP contribution < -0.4 is 10.6 Å². The molecule has 0 saturated carbocycles. The molecule has 4 rings (SSSR count). The molecule has 5 nitrogen and oxygen atoms in total. The van der Waals surface area contributed by atoms with Crippen molar-refractivity contribution < 1.29 is 14.0 Å². The van der Waals surface area contributed by atoms with Gasteiger partial charge in [-0.05, 0) is 65.5 Å². The van der Waals surface area contributed by atoms with E-state index in [-0.39, 0.29) is 17.6 Å². The van der Waals surface area contributed by atoms with E-state index in [4.69, 9.17) is 4.42 Å². The van der Waals surface area contributed by atoms with Crippen LogP contribution in [0.15, 0.2) is 71.3 Å². The zero-order valence-electron chi connectivity index (χ0n) is 16.3. The van der Waals surface area contributed by atoms with Gasteiger partial charge < -0.3 is 15.1 Å². The standard InChI is InChI=1S/C23H22N2O3S2/c26-21(17-7-9-18(10-8-17)23-29-12-3-13-30-23)24-15-16-4-1-5-19(14-16)25-22(27)20-6-2-11-28-20/h1-2,4-11,14,23H,3,12-13,15H2,(H,24,26)(H,25,27). The number of carbonyl (C=O) groups is 2. The van der Waals surface area contributed by atoms with Gasteiger partial charge in [0.25, 0.3) is 11.8 Å². The fourth-order valence-corrected chi connectivity index (χ4v) is 6.01. The van der Waals surface area contributed by atoms with Crippen LogP contribution in [-0.2, 0) is 6.54 Å². The Morgan fingerprint density at radius 3 is 2.50 bits per heavy atom. The van der Waals surface area contributed by atoms with E-state index in [1.54, 1.807) is 18.2 Å². The number of anilines is 1. The van der Waals surface area contributed by atoms with Gasteiger partial charge in [0, 0.05) is 17.8 Å². The highest BCUT2D eigenvalue weighted by Gasteiger charge is 2.17. The van der Waals surface area contributed by atoms with Gasteiger partial charge in [0.2, 0.25) is 0 Å². The van der Waals surface area contributed by atoms with Gasteiger partial charge in [-0.1, -0.05) is 24.3 Å². The minimum absolute atomic E-state index is 0.115. The number of rotatable bonds is 6. The molecule has 7 heteroatoms. The highest BCUT2D eigenvalue weighted by Crippen LogP contribution is 2.43. The van der Waals surface area contributed by atoms with E-state index in [1.165, 1.54) is 29.8 Å². The van der Waals surface area contributed by atoms with Crippen molar-refractivity contribution in [2.75, 3.05) is 16.8 Å². The van der Waals surface area contributed by atoms with Crippen LogP contribution in [0.2, 0.25) is 0 Å². The Morgan fingerprint density at radius 1 is 0.967 bits per heavy atom. The Bertz CT molecular complexity index is 998. The maximum atomic E-state index is 12.5. The van der Waals surface area contributed by atoms with Crippen LogP contribution in [0.4, 0.5) is 5.69 Å². The molecular weight excluding hydrogens is 416 g/mol. The molecule has 1 aromatic heterocycles. The summed E-state index contributed by atoms with van der Waals surface area (Å²) in [6.45, 7) is 0.374. The van der Waals surface area contributed by atoms with Crippen LogP contribution in [0.5, 0.6) is 0 Å². The summed E-state index contributed by atoms with van der Waals surface area (Å²) in [5.41, 5.74) is 3.45. The van der Waals surface area contributed by atoms with E-state index in [9.17, 15) is 9.59 Å². The average molecular weight is 439 g/mol. The van der Waals surface area contributed by atoms with Gasteiger partial charge in [0.1, 0.15) is 0 Å². The second-order valence-corrected chi connectivity index (χ2v) is 9.59. The molecule has 30 heavy (non-hydrogen) atoms. The molecule has 1 aliphatic heterocycles. The molecule has 1 saturated heterocycles. The molecule has 1 aliphatic rings. The Hall–Kier alpha value is -2.64. The van der Waals surface area contributed by atoms with Crippen LogP contribution in [0.3, 0.4) is 0 Å². The number of hydrogen-bond acceptors (Lipinski definition) is 5. The molecule has 0 spiro atoms. The first kappa shape index (κ1) is 20.6. The van der Waals surface area contributed by atoms with Crippen LogP contribution in [0.1, 0.15) is 43.0 Å². The SMILES string of the molecule is O=C(NCc1cccc(NC(=O)c2ccco2)c1)c1ccc(C2SCCCS2)cc1. The summed E-state index contributed by atoms with van der Waals surface area (Å²) in [6, 6.07) is 18.5. The van der Waals surface area contributed by atoms with Crippen LogP contribution >= 0.6 is 23.5 Å². The van der Waals surface area contributed by atoms with Crippen LogP contribution in [0.25, 0.3) is 0 Å². The fourth-order valence-electron chi connectivity index (χ4n) is 3.12. The molecule has 154 valence electrons. The van der Waals surface area contributed by atoms with Crippen LogP contribution in [0, 0.1) is 0 Å². The van der Waals surface area contributed by atoms with Crippen molar-refractivity contribution in [2.24, 2.45) is 0 Å². The molecule has 0 unspecified atom stereocenters. The summed E-state index contributed by atoms with van der Waals surface area (Å²) in [5, 5.41) is 5.73. The third kappa shape index (κ3) is 5.29. The molecule has 0 aliphatic carbocycles. The lowest BCUT2D eigenvalue weighted by atomic mass is 10.1. The second-order valence-electron chi connectivity index (χ2n) is 6.86. The van der Waals surface area contributed by atoms with Crippen molar-refractivity contribution >= 4 is 41.0 Å². The monoisotopic (exact) mass is 438 g/mol. The van der Waals surface area contributed by atoms with Crippen molar-refractivity contribution in [3.8, 4) is 0 Å². The summed E-state index contributed by atoms with van der Waals surface area (Å²) in [6.07, 6.45) is 2.72. The number of amides is 2. The van der Waals surface area contributed by atoms with Gasteiger partial charge in [-0.15, -0.1) is 23.5 Å². The molecule has 2 aromatic carbocycles. The molecule has 2 N–H and O–H groups in total. The number of nitrogens with one attached hydrogen (secondary N) is 2. The Kier molecular flexibility index (Phi) is 6.81. The molecule has 0 bridgehead atoms. The molecule has 0 atom stereocenters. The Labute approximate surface area is 184 Å². The van der Waals surface area contributed by atoms with Gasteiger partial charge in [-0.25, -0.2) is 0 Å². The molecule has 2 heterocycles. The summed E-state index contributed by atoms with van der Waals surface area (Å²) in [5.74, 6) is 2.22. The lowest BCUT2D eigenvalue weighted by Gasteiger charge is -2.21. The van der Waals surface area contributed by atoms with E-state index < -0.39 is 0 Å². The van der Waals surface area contributed by atoms with Gasteiger partial charge in [-0.3, -0.25) is 9.59 Å². The first-order valence-corrected chi connectivity index (χ1v) is 11.8. The van der Waals surface area contributed by atoms with E-state index in [1.807, 2.05) is 53.9 Å². The molecule has 2 amide bonds. The maximum Gasteiger partial charge on any atom is 0.291 e. The smallest absolute Gasteiger partial charge is 0.291 e. The van der Waals surface area contributed by atoms with E-state index >= 15 is 0 Å². The number of carbonyl (C=O) groups excluding carboxylic acids is 2. The van der Waals surface area contributed by atoms with Crippen molar-refractivity contribution in [1.29, 1.82) is 0 Å². The highest BCUT2D eigenvalue weighted by atomic mass is 32.2. The van der Waals surface area contributed by atoms with Gasteiger partial charge in [0.15, 0.2) is 5.76 Å². The normalized spacial score (nSPS) is 14.3. The average Bonchev–Trinajstić information content (AvgIpc) is 3.34. The van der Waals surface area contributed by atoms with E-state index in [0.29, 0.717) is 22.4 Å². The highest BCUT2D eigenvalue weighted by molar-refractivity contribution is 8.16. The number of furan rings is 1. The van der Waals surface area contributed by atoms with Crippen LogP contribution in [-0.4, -0.2) is 23.3 Å². The fraction of sp³-hybridized carbons (Fsp3) is 0.217. The third-order valence-corrected chi connectivity index (χ3v) is 7.67. The predicted octanol–water partition coefficient (Wildman–Crippen LogP) is 5.33. The predicted molar refractivity (Wildman–Crippen MR) is 123 cm³/mol. The van der Waals surface area contributed by atoms with Crippen molar-refractivity contribution in [3.05, 3.63) is 89.4 Å². The topological polar surface area (TPSA) is 71.3 Å². The van der Waals surface area contributed by atoms with Crippen molar-refractivity contribution in [2.45, 2.75) is 17.5 Å². The minimum atomic E-state index is -0.310. The number of hydrogen-bond donors (Lipinski definition) is 2. The zero-order valence-corrected chi connectivity index (χ0v) is 17.9. The first-order valence-electron chi connectivity index (χ1n) is 9.74. The third-order valence-electron chi connectivity index (χ3n) is 4.66. The largest absolute Gasteiger partial charge is 0.459 e. The molecule has 0 radical (unpaired) electrons. The van der Waals surface area contributed by atoms with Gasteiger partial charge in [0.05, 0.1) is 10.8 Å². The Balaban J connectivity index is 1.33. The lowest BCUT2D eigenvalue weighted by molar-refractivity contribution is 0.0949. The van der Waals surface area contributed by atoms with E-state index in [2.05, 4.69) is 22.8 Å². The maximum absolute atomic E-state index is 12.5. The Morgan fingerprint density at radius 2 is 1.77 bits per heavy atom. The van der Waals surface area contributed by atoms with Gasteiger partial charge in [-0.2, -0.15) is 0 Å². The molecular formula is C23H22N2O3S2.